The second-order valence-electron chi connectivity index (χ2n) is 2.54. The van der Waals surface area contributed by atoms with E-state index >= 15 is 0 Å². The molecule has 0 aliphatic heterocycles. The molecule has 0 saturated carbocycles. The number of ether oxygens (including phenoxy) is 1. The van der Waals surface area contributed by atoms with Crippen LogP contribution in [0.1, 0.15) is 5.69 Å². The minimum absolute atomic E-state index is 0.464. The van der Waals surface area contributed by atoms with Gasteiger partial charge in [0.05, 0.1) is 19.0 Å². The van der Waals surface area contributed by atoms with E-state index in [9.17, 15) is 0 Å². The minimum Gasteiger partial charge on any atom is -0.480 e. The van der Waals surface area contributed by atoms with Crippen LogP contribution in [0.3, 0.4) is 0 Å². The first-order chi connectivity index (χ1) is 6.31. The fraction of sp³-hybridized carbons (Fsp3) is 0.250. The van der Waals surface area contributed by atoms with Gasteiger partial charge in [0.2, 0.25) is 5.88 Å². The maximum Gasteiger partial charge on any atom is 0.234 e. The average molecular weight is 176 g/mol. The number of rotatable bonds is 1. The monoisotopic (exact) mass is 176 g/mol. The van der Waals surface area contributed by atoms with Gasteiger partial charge in [-0.1, -0.05) is 0 Å². The van der Waals surface area contributed by atoms with Crippen molar-refractivity contribution in [1.82, 2.24) is 19.9 Å². The van der Waals surface area contributed by atoms with Crippen molar-refractivity contribution < 1.29 is 4.74 Å². The van der Waals surface area contributed by atoms with Crippen LogP contribution < -0.4 is 4.74 Å². The summed E-state index contributed by atoms with van der Waals surface area (Å²) in [5, 5.41) is 0. The molecule has 0 fully saturated rings. The van der Waals surface area contributed by atoms with Crippen LogP contribution in [0.4, 0.5) is 0 Å². The molecule has 0 atom stereocenters. The van der Waals surface area contributed by atoms with E-state index in [1.165, 1.54) is 6.33 Å². The molecule has 0 saturated heterocycles. The lowest BCUT2D eigenvalue weighted by atomic mass is 10.4. The zero-order valence-corrected chi connectivity index (χ0v) is 7.35. The predicted octanol–water partition coefficient (Wildman–Crippen LogP) is 0.737. The van der Waals surface area contributed by atoms with Gasteiger partial charge in [0, 0.05) is 0 Å². The Balaban J connectivity index is 2.72. The highest BCUT2D eigenvalue weighted by atomic mass is 16.5. The van der Waals surface area contributed by atoms with Gasteiger partial charge >= 0.3 is 0 Å². The third-order valence-electron chi connectivity index (χ3n) is 1.72. The maximum absolute atomic E-state index is 4.93. The summed E-state index contributed by atoms with van der Waals surface area (Å²) in [4.78, 5) is 16.3. The lowest BCUT2D eigenvalue weighted by molar-refractivity contribution is 0.397. The van der Waals surface area contributed by atoms with Gasteiger partial charge in [-0.2, -0.15) is 4.98 Å². The zero-order valence-electron chi connectivity index (χ0n) is 7.35. The van der Waals surface area contributed by atoms with Crippen molar-refractivity contribution in [2.75, 3.05) is 7.11 Å². The van der Waals surface area contributed by atoms with Crippen molar-refractivity contribution in [3.05, 3.63) is 18.2 Å². The van der Waals surface area contributed by atoms with Gasteiger partial charge in [-0.3, -0.25) is 0 Å². The van der Waals surface area contributed by atoms with E-state index in [0.29, 0.717) is 17.0 Å². The zero-order chi connectivity index (χ0) is 9.26. The third-order valence-corrected chi connectivity index (χ3v) is 1.72. The lowest BCUT2D eigenvalue weighted by Gasteiger charge is -2.00. The molecule has 5 nitrogen and oxygen atoms in total. The Hall–Kier alpha value is -1.78. The fourth-order valence-electron chi connectivity index (χ4n) is 1.04. The summed E-state index contributed by atoms with van der Waals surface area (Å²) in [7, 11) is 1.55. The number of hydrogen-bond donors (Lipinski definition) is 0. The lowest BCUT2D eigenvalue weighted by Crippen LogP contribution is -1.95. The Morgan fingerprint density at radius 3 is 2.85 bits per heavy atom. The van der Waals surface area contributed by atoms with Crippen molar-refractivity contribution in [2.45, 2.75) is 6.92 Å². The standard InChI is InChI=1S/C8H8N4O/c1-5-7-8(11-4-10-5)12-6(13-2)3-9-7/h3-4H,1-2H3. The molecule has 66 valence electrons. The highest BCUT2D eigenvalue weighted by molar-refractivity contribution is 5.71. The maximum atomic E-state index is 4.93. The van der Waals surface area contributed by atoms with Gasteiger partial charge in [0.25, 0.3) is 0 Å². The van der Waals surface area contributed by atoms with Crippen LogP contribution >= 0.6 is 0 Å². The molecular formula is C8H8N4O. The molecule has 0 aliphatic rings. The molecule has 0 amide bonds. The molecule has 0 unspecified atom stereocenters. The van der Waals surface area contributed by atoms with Gasteiger partial charge in [0.15, 0.2) is 5.65 Å². The number of nitrogens with zero attached hydrogens (tertiary/aromatic N) is 4. The van der Waals surface area contributed by atoms with Crippen LogP contribution in [0.5, 0.6) is 5.88 Å². The molecule has 2 aromatic heterocycles. The average Bonchev–Trinajstić information content (AvgIpc) is 2.18. The molecule has 5 heteroatoms. The minimum atomic E-state index is 0.464. The van der Waals surface area contributed by atoms with Crippen LogP contribution in [-0.2, 0) is 0 Å². The molecule has 0 bridgehead atoms. The molecule has 0 N–H and O–H groups in total. The van der Waals surface area contributed by atoms with E-state index in [2.05, 4.69) is 19.9 Å². The third kappa shape index (κ3) is 1.28. The second-order valence-corrected chi connectivity index (χ2v) is 2.54. The number of methoxy groups -OCH3 is 1. The first kappa shape index (κ1) is 7.85. The summed E-state index contributed by atoms with van der Waals surface area (Å²) < 4.78 is 4.93. The van der Waals surface area contributed by atoms with Crippen molar-refractivity contribution in [2.24, 2.45) is 0 Å². The van der Waals surface area contributed by atoms with Gasteiger partial charge in [-0.25, -0.2) is 15.0 Å². The number of hydrogen-bond acceptors (Lipinski definition) is 5. The van der Waals surface area contributed by atoms with Crippen molar-refractivity contribution >= 4 is 11.2 Å². The Kier molecular flexibility index (Phi) is 1.77. The van der Waals surface area contributed by atoms with E-state index in [0.717, 1.165) is 5.69 Å². The molecule has 0 radical (unpaired) electrons. The largest absolute Gasteiger partial charge is 0.480 e. The molecule has 0 spiro atoms. The Labute approximate surface area is 74.8 Å². The molecule has 0 aromatic carbocycles. The quantitative estimate of drug-likeness (QED) is 0.641. The summed E-state index contributed by atoms with van der Waals surface area (Å²) in [5.41, 5.74) is 2.09. The van der Waals surface area contributed by atoms with Gasteiger partial charge in [-0.15, -0.1) is 0 Å². The molecule has 2 heterocycles. The van der Waals surface area contributed by atoms with E-state index in [4.69, 9.17) is 4.74 Å². The van der Waals surface area contributed by atoms with Crippen molar-refractivity contribution in [3.63, 3.8) is 0 Å². The van der Waals surface area contributed by atoms with Gasteiger partial charge in [-0.05, 0) is 6.92 Å². The van der Waals surface area contributed by atoms with Crippen LogP contribution in [-0.4, -0.2) is 27.0 Å². The predicted molar refractivity (Wildman–Crippen MR) is 46.4 cm³/mol. The first-order valence-corrected chi connectivity index (χ1v) is 3.79. The number of fused-ring (bicyclic) bond motifs is 1. The van der Waals surface area contributed by atoms with E-state index in [1.54, 1.807) is 13.3 Å². The summed E-state index contributed by atoms with van der Waals surface area (Å²) >= 11 is 0. The number of aromatic nitrogens is 4. The van der Waals surface area contributed by atoms with Crippen molar-refractivity contribution in [1.29, 1.82) is 0 Å². The normalized spacial score (nSPS) is 10.3. The first-order valence-electron chi connectivity index (χ1n) is 3.79. The number of aryl methyl sites for hydroxylation is 1. The Morgan fingerprint density at radius 1 is 1.23 bits per heavy atom. The Morgan fingerprint density at radius 2 is 2.08 bits per heavy atom. The van der Waals surface area contributed by atoms with Crippen LogP contribution in [0.15, 0.2) is 12.5 Å². The van der Waals surface area contributed by atoms with E-state index < -0.39 is 0 Å². The molecule has 13 heavy (non-hydrogen) atoms. The van der Waals surface area contributed by atoms with Crippen LogP contribution in [0.25, 0.3) is 11.2 Å². The highest BCUT2D eigenvalue weighted by Crippen LogP contribution is 2.11. The summed E-state index contributed by atoms with van der Waals surface area (Å²) in [6.07, 6.45) is 3.02. The summed E-state index contributed by atoms with van der Waals surface area (Å²) in [5.74, 6) is 0.464. The summed E-state index contributed by atoms with van der Waals surface area (Å²) in [6, 6.07) is 0. The van der Waals surface area contributed by atoms with Crippen LogP contribution in [0, 0.1) is 6.92 Å². The fourth-order valence-corrected chi connectivity index (χ4v) is 1.04. The molecule has 0 aliphatic carbocycles. The molecular weight excluding hydrogens is 168 g/mol. The van der Waals surface area contributed by atoms with Crippen molar-refractivity contribution in [3.8, 4) is 5.88 Å². The van der Waals surface area contributed by atoms with E-state index in [1.807, 2.05) is 6.92 Å². The smallest absolute Gasteiger partial charge is 0.234 e. The SMILES string of the molecule is COc1cnc2c(C)ncnc2n1. The molecule has 2 aromatic rings. The van der Waals surface area contributed by atoms with Gasteiger partial charge < -0.3 is 4.74 Å². The summed E-state index contributed by atoms with van der Waals surface area (Å²) in [6.45, 7) is 1.87. The van der Waals surface area contributed by atoms with Crippen LogP contribution in [0.2, 0.25) is 0 Å². The molecule has 2 rings (SSSR count). The highest BCUT2D eigenvalue weighted by Gasteiger charge is 2.03. The Bertz CT molecular complexity index is 443. The topological polar surface area (TPSA) is 60.8 Å². The second kappa shape index (κ2) is 2.93. The van der Waals surface area contributed by atoms with E-state index in [-0.39, 0.29) is 0 Å². The van der Waals surface area contributed by atoms with Gasteiger partial charge in [0.1, 0.15) is 11.8 Å².